The number of hydrogen-bond donors (Lipinski definition) is 0. The van der Waals surface area contributed by atoms with Crippen LogP contribution in [0, 0.1) is 12.8 Å². The highest BCUT2D eigenvalue weighted by Crippen LogP contribution is 2.44. The van der Waals surface area contributed by atoms with Gasteiger partial charge < -0.3 is 4.74 Å². The number of carbonyl (C=O) groups excluding carboxylic acids is 1. The molecule has 2 nitrogen and oxygen atoms in total. The number of hydrogen-bond acceptors (Lipinski definition) is 2. The van der Waals surface area contributed by atoms with Gasteiger partial charge in [-0.25, -0.2) is 0 Å². The van der Waals surface area contributed by atoms with Gasteiger partial charge in [-0.3, -0.25) is 4.79 Å². The van der Waals surface area contributed by atoms with Crippen LogP contribution in [-0.4, -0.2) is 11.6 Å². The fourth-order valence-electron chi connectivity index (χ4n) is 2.05. The first kappa shape index (κ1) is 7.14. The summed E-state index contributed by atoms with van der Waals surface area (Å²) in [6.07, 6.45) is 5.51. The van der Waals surface area contributed by atoms with Gasteiger partial charge in [-0.05, 0) is 32.6 Å². The molecular formula is C9H12O2. The van der Waals surface area contributed by atoms with E-state index in [1.54, 1.807) is 0 Å². The molecule has 0 amide bonds. The molecule has 1 aliphatic heterocycles. The number of carbonyl (C=O) groups is 1. The molecule has 0 bridgehead atoms. The lowest BCUT2D eigenvalue weighted by atomic mass is 9.72. The average molecular weight is 152 g/mol. The summed E-state index contributed by atoms with van der Waals surface area (Å²) >= 11 is 0. The van der Waals surface area contributed by atoms with Gasteiger partial charge in [0, 0.05) is 0 Å². The summed E-state index contributed by atoms with van der Waals surface area (Å²) in [4.78, 5) is 10.8. The summed E-state index contributed by atoms with van der Waals surface area (Å²) in [5, 5.41) is 0. The smallest absolute Gasteiger partial charge is 0.313 e. The standard InChI is InChI=1S/C9H12O2/c1-7-8(10)11-9(7)5-3-2-4-6-9/h1,7H,2-6H2. The van der Waals surface area contributed by atoms with Crippen LogP contribution in [0.3, 0.4) is 0 Å². The maximum absolute atomic E-state index is 10.8. The molecule has 1 saturated carbocycles. The molecule has 2 fully saturated rings. The second kappa shape index (κ2) is 2.23. The zero-order valence-electron chi connectivity index (χ0n) is 6.51. The summed E-state index contributed by atoms with van der Waals surface area (Å²) in [5.74, 6) is -0.547. The maximum atomic E-state index is 10.8. The molecule has 0 aromatic carbocycles. The van der Waals surface area contributed by atoms with E-state index in [1.807, 2.05) is 0 Å². The first-order valence-electron chi connectivity index (χ1n) is 4.23. The predicted octanol–water partition coefficient (Wildman–Crippen LogP) is 1.57. The fourth-order valence-corrected chi connectivity index (χ4v) is 2.05. The second-order valence-electron chi connectivity index (χ2n) is 3.52. The minimum absolute atomic E-state index is 0.216. The van der Waals surface area contributed by atoms with Crippen LogP contribution in [-0.2, 0) is 9.53 Å². The Hall–Kier alpha value is -0.530. The molecule has 0 aromatic rings. The normalized spacial score (nSPS) is 34.6. The Morgan fingerprint density at radius 3 is 2.45 bits per heavy atom. The quantitative estimate of drug-likeness (QED) is 0.492. The molecule has 2 heteroatoms. The molecule has 0 N–H and O–H groups in total. The average Bonchev–Trinajstić information content (AvgIpc) is 2.06. The van der Waals surface area contributed by atoms with Crippen LogP contribution in [0.15, 0.2) is 0 Å². The zero-order valence-corrected chi connectivity index (χ0v) is 6.51. The van der Waals surface area contributed by atoms with Crippen molar-refractivity contribution in [2.24, 2.45) is 5.92 Å². The SMILES string of the molecule is [CH]C1C(=O)OC12CCCCC2. The lowest BCUT2D eigenvalue weighted by Gasteiger charge is -2.48. The Balaban J connectivity index is 2.05. The van der Waals surface area contributed by atoms with Crippen LogP contribution < -0.4 is 0 Å². The van der Waals surface area contributed by atoms with E-state index in [4.69, 9.17) is 11.7 Å². The third-order valence-corrected chi connectivity index (χ3v) is 2.82. The highest BCUT2D eigenvalue weighted by Gasteiger charge is 2.53. The molecule has 2 aliphatic rings. The van der Waals surface area contributed by atoms with Crippen molar-refractivity contribution in [3.8, 4) is 0 Å². The van der Waals surface area contributed by atoms with Gasteiger partial charge >= 0.3 is 5.97 Å². The van der Waals surface area contributed by atoms with E-state index in [0.29, 0.717) is 0 Å². The first-order valence-corrected chi connectivity index (χ1v) is 4.23. The first-order chi connectivity index (χ1) is 5.25. The van der Waals surface area contributed by atoms with Crippen molar-refractivity contribution in [1.82, 2.24) is 0 Å². The van der Waals surface area contributed by atoms with E-state index in [-0.39, 0.29) is 17.5 Å². The van der Waals surface area contributed by atoms with Gasteiger partial charge in [0.1, 0.15) is 11.5 Å². The third kappa shape index (κ3) is 0.883. The monoisotopic (exact) mass is 152 g/mol. The number of rotatable bonds is 0. The molecule has 1 atom stereocenters. The Kier molecular flexibility index (Phi) is 1.44. The molecule has 1 spiro atoms. The van der Waals surface area contributed by atoms with Crippen LogP contribution in [0.5, 0.6) is 0 Å². The van der Waals surface area contributed by atoms with E-state index in [2.05, 4.69) is 0 Å². The Morgan fingerprint density at radius 1 is 1.36 bits per heavy atom. The van der Waals surface area contributed by atoms with Crippen molar-refractivity contribution in [2.75, 3.05) is 0 Å². The van der Waals surface area contributed by atoms with Gasteiger partial charge in [0.15, 0.2) is 0 Å². The topological polar surface area (TPSA) is 26.3 Å². The molecule has 1 saturated heterocycles. The molecule has 1 heterocycles. The summed E-state index contributed by atoms with van der Waals surface area (Å²) in [6.45, 7) is 5.66. The molecule has 11 heavy (non-hydrogen) atoms. The molecule has 2 rings (SSSR count). The minimum Gasteiger partial charge on any atom is -0.458 e. The van der Waals surface area contributed by atoms with Crippen LogP contribution in [0.25, 0.3) is 0 Å². The molecular weight excluding hydrogens is 140 g/mol. The lowest BCUT2D eigenvalue weighted by molar-refractivity contribution is -0.212. The van der Waals surface area contributed by atoms with E-state index >= 15 is 0 Å². The summed E-state index contributed by atoms with van der Waals surface area (Å²) in [7, 11) is 0. The summed E-state index contributed by atoms with van der Waals surface area (Å²) in [6, 6.07) is 0. The summed E-state index contributed by atoms with van der Waals surface area (Å²) in [5.41, 5.74) is -0.241. The molecule has 60 valence electrons. The highest BCUT2D eigenvalue weighted by molar-refractivity contribution is 5.81. The zero-order chi connectivity index (χ0) is 7.90. The van der Waals surface area contributed by atoms with Gasteiger partial charge in [-0.2, -0.15) is 0 Å². The fraction of sp³-hybridized carbons (Fsp3) is 0.778. The van der Waals surface area contributed by atoms with E-state index < -0.39 is 0 Å². The third-order valence-electron chi connectivity index (χ3n) is 2.82. The van der Waals surface area contributed by atoms with E-state index in [0.717, 1.165) is 25.7 Å². The van der Waals surface area contributed by atoms with Crippen LogP contribution in [0.4, 0.5) is 0 Å². The Labute approximate surface area is 66.9 Å². The molecule has 1 aliphatic carbocycles. The predicted molar refractivity (Wildman–Crippen MR) is 39.7 cm³/mol. The molecule has 1 unspecified atom stereocenters. The largest absolute Gasteiger partial charge is 0.458 e. The number of esters is 1. The van der Waals surface area contributed by atoms with E-state index in [9.17, 15) is 4.79 Å². The molecule has 0 aromatic heterocycles. The van der Waals surface area contributed by atoms with Gasteiger partial charge in [0.05, 0.1) is 0 Å². The second-order valence-corrected chi connectivity index (χ2v) is 3.52. The maximum Gasteiger partial charge on any atom is 0.313 e. The molecule has 2 radical (unpaired) electrons. The van der Waals surface area contributed by atoms with E-state index in [1.165, 1.54) is 6.42 Å². The van der Waals surface area contributed by atoms with Crippen molar-refractivity contribution in [1.29, 1.82) is 0 Å². The van der Waals surface area contributed by atoms with Gasteiger partial charge in [0.2, 0.25) is 0 Å². The van der Waals surface area contributed by atoms with Crippen molar-refractivity contribution in [3.63, 3.8) is 0 Å². The van der Waals surface area contributed by atoms with Crippen molar-refractivity contribution >= 4 is 5.97 Å². The minimum atomic E-state index is -0.331. The van der Waals surface area contributed by atoms with Crippen molar-refractivity contribution in [2.45, 2.75) is 37.7 Å². The van der Waals surface area contributed by atoms with Crippen molar-refractivity contribution < 1.29 is 9.53 Å². The highest BCUT2D eigenvalue weighted by atomic mass is 16.6. The number of ether oxygens (including phenoxy) is 1. The van der Waals surface area contributed by atoms with Gasteiger partial charge in [0.25, 0.3) is 0 Å². The summed E-state index contributed by atoms with van der Waals surface area (Å²) < 4.78 is 5.12. The van der Waals surface area contributed by atoms with Crippen LogP contribution >= 0.6 is 0 Å². The van der Waals surface area contributed by atoms with Crippen LogP contribution in [0.2, 0.25) is 0 Å². The van der Waals surface area contributed by atoms with Gasteiger partial charge in [-0.15, -0.1) is 0 Å². The van der Waals surface area contributed by atoms with Gasteiger partial charge in [-0.1, -0.05) is 6.42 Å². The Morgan fingerprint density at radius 2 is 2.00 bits per heavy atom. The van der Waals surface area contributed by atoms with Crippen LogP contribution in [0.1, 0.15) is 32.1 Å². The Bertz CT molecular complexity index is 180. The van der Waals surface area contributed by atoms with Crippen molar-refractivity contribution in [3.05, 3.63) is 6.92 Å². The lowest BCUT2D eigenvalue weighted by Crippen LogP contribution is -2.57.